The van der Waals surface area contributed by atoms with Gasteiger partial charge in [0.1, 0.15) is 0 Å². The largest absolute Gasteiger partial charge is 0.441 e. The van der Waals surface area contributed by atoms with Crippen LogP contribution in [0.5, 0.6) is 0 Å². The predicted octanol–water partition coefficient (Wildman–Crippen LogP) is 0.668. The van der Waals surface area contributed by atoms with Gasteiger partial charge in [-0.15, -0.1) is 0 Å². The van der Waals surface area contributed by atoms with Crippen molar-refractivity contribution in [2.45, 2.75) is 32.9 Å². The molecule has 1 aliphatic heterocycles. The lowest BCUT2D eigenvalue weighted by Crippen LogP contribution is -2.47. The van der Waals surface area contributed by atoms with Gasteiger partial charge in [0.2, 0.25) is 5.91 Å². The zero-order valence-corrected chi connectivity index (χ0v) is 8.16. The summed E-state index contributed by atoms with van der Waals surface area (Å²) < 4.78 is 4.98. The first-order valence-electron chi connectivity index (χ1n) is 4.51. The number of rotatable bonds is 3. The SMILES string of the molecule is CCC1(OC=O)NC(=O)[C@H](C)[C@H]1C. The van der Waals surface area contributed by atoms with Crippen LogP contribution in [-0.2, 0) is 14.3 Å². The average molecular weight is 185 g/mol. The number of amides is 1. The molecule has 0 bridgehead atoms. The Morgan fingerprint density at radius 1 is 1.62 bits per heavy atom. The molecule has 1 fully saturated rings. The lowest BCUT2D eigenvalue weighted by molar-refractivity contribution is -0.152. The molecule has 1 rings (SSSR count). The molecule has 0 aromatic heterocycles. The van der Waals surface area contributed by atoms with Crippen LogP contribution < -0.4 is 5.32 Å². The van der Waals surface area contributed by atoms with E-state index in [1.165, 1.54) is 0 Å². The highest BCUT2D eigenvalue weighted by Gasteiger charge is 2.49. The molecule has 1 saturated heterocycles. The van der Waals surface area contributed by atoms with Crippen molar-refractivity contribution in [3.05, 3.63) is 0 Å². The molecule has 3 atom stereocenters. The Kier molecular flexibility index (Phi) is 2.59. The molecule has 4 heteroatoms. The third-order valence-corrected chi connectivity index (χ3v) is 3.02. The summed E-state index contributed by atoms with van der Waals surface area (Å²) in [7, 11) is 0. The smallest absolute Gasteiger partial charge is 0.295 e. The quantitative estimate of drug-likeness (QED) is 0.657. The first-order valence-corrected chi connectivity index (χ1v) is 4.51. The first-order chi connectivity index (χ1) is 6.07. The zero-order valence-electron chi connectivity index (χ0n) is 8.16. The molecule has 0 aliphatic carbocycles. The normalized spacial score (nSPS) is 38.5. The van der Waals surface area contributed by atoms with E-state index in [9.17, 15) is 9.59 Å². The molecule has 0 saturated carbocycles. The molecule has 1 heterocycles. The molecule has 0 radical (unpaired) electrons. The van der Waals surface area contributed by atoms with E-state index < -0.39 is 5.72 Å². The van der Waals surface area contributed by atoms with Gasteiger partial charge in [-0.1, -0.05) is 20.8 Å². The van der Waals surface area contributed by atoms with Gasteiger partial charge in [-0.25, -0.2) is 0 Å². The standard InChI is InChI=1S/C9H15NO3/c1-4-9(13-5-11)7(3)6(2)8(12)10-9/h5-7H,4H2,1-3H3,(H,10,12)/t6-,7-,9?/m1/s1. The zero-order chi connectivity index (χ0) is 10.1. The second-order valence-corrected chi connectivity index (χ2v) is 3.52. The minimum absolute atomic E-state index is 0.0233. The van der Waals surface area contributed by atoms with Gasteiger partial charge in [0, 0.05) is 18.3 Å². The van der Waals surface area contributed by atoms with Crippen LogP contribution in [0.25, 0.3) is 0 Å². The van der Waals surface area contributed by atoms with Crippen LogP contribution in [0.15, 0.2) is 0 Å². The summed E-state index contributed by atoms with van der Waals surface area (Å²) in [5.74, 6) is -0.119. The van der Waals surface area contributed by atoms with Crippen LogP contribution in [0.2, 0.25) is 0 Å². The second kappa shape index (κ2) is 3.36. The molecule has 1 aliphatic rings. The Morgan fingerprint density at radius 2 is 2.23 bits per heavy atom. The van der Waals surface area contributed by atoms with Crippen LogP contribution in [0.3, 0.4) is 0 Å². The molecular formula is C9H15NO3. The summed E-state index contributed by atoms with van der Waals surface area (Å²) in [4.78, 5) is 21.6. The van der Waals surface area contributed by atoms with Crippen LogP contribution in [0.4, 0.5) is 0 Å². The third kappa shape index (κ3) is 1.41. The molecule has 0 aromatic carbocycles. The summed E-state index contributed by atoms with van der Waals surface area (Å²) >= 11 is 0. The maximum Gasteiger partial charge on any atom is 0.295 e. The van der Waals surface area contributed by atoms with Crippen molar-refractivity contribution in [1.82, 2.24) is 5.32 Å². The van der Waals surface area contributed by atoms with Gasteiger partial charge in [-0.2, -0.15) is 0 Å². The minimum Gasteiger partial charge on any atom is -0.441 e. The lowest BCUT2D eigenvalue weighted by atomic mass is 9.89. The van der Waals surface area contributed by atoms with Crippen LogP contribution in [0.1, 0.15) is 27.2 Å². The number of ether oxygens (including phenoxy) is 1. The van der Waals surface area contributed by atoms with Gasteiger partial charge < -0.3 is 10.1 Å². The number of nitrogens with one attached hydrogen (secondary N) is 1. The molecular weight excluding hydrogens is 170 g/mol. The molecule has 0 spiro atoms. The number of carbonyl (C=O) groups excluding carboxylic acids is 2. The van der Waals surface area contributed by atoms with E-state index in [0.29, 0.717) is 12.9 Å². The van der Waals surface area contributed by atoms with Crippen LogP contribution in [-0.4, -0.2) is 18.1 Å². The fourth-order valence-electron chi connectivity index (χ4n) is 1.78. The van der Waals surface area contributed by atoms with Gasteiger partial charge in [0.15, 0.2) is 5.72 Å². The van der Waals surface area contributed by atoms with Gasteiger partial charge in [0.25, 0.3) is 6.47 Å². The molecule has 1 amide bonds. The molecule has 0 aromatic rings. The molecule has 1 unspecified atom stereocenters. The van der Waals surface area contributed by atoms with Crippen molar-refractivity contribution < 1.29 is 14.3 Å². The fourth-order valence-corrected chi connectivity index (χ4v) is 1.78. The number of hydrogen-bond acceptors (Lipinski definition) is 3. The topological polar surface area (TPSA) is 55.4 Å². The van der Waals surface area contributed by atoms with Crippen LogP contribution >= 0.6 is 0 Å². The molecule has 1 N–H and O–H groups in total. The Bertz CT molecular complexity index is 229. The highest BCUT2D eigenvalue weighted by atomic mass is 16.6. The van der Waals surface area contributed by atoms with E-state index in [2.05, 4.69) is 5.32 Å². The van der Waals surface area contributed by atoms with E-state index in [1.54, 1.807) is 0 Å². The summed E-state index contributed by atoms with van der Waals surface area (Å²) in [5.41, 5.74) is -0.780. The monoisotopic (exact) mass is 185 g/mol. The highest BCUT2D eigenvalue weighted by Crippen LogP contribution is 2.34. The highest BCUT2D eigenvalue weighted by molar-refractivity contribution is 5.82. The maximum atomic E-state index is 11.3. The van der Waals surface area contributed by atoms with Crippen molar-refractivity contribution in [2.24, 2.45) is 11.8 Å². The Hall–Kier alpha value is -1.06. The maximum absolute atomic E-state index is 11.3. The first kappa shape index (κ1) is 10.0. The van der Waals surface area contributed by atoms with E-state index in [0.717, 1.165) is 0 Å². The second-order valence-electron chi connectivity index (χ2n) is 3.52. The van der Waals surface area contributed by atoms with E-state index in [-0.39, 0.29) is 17.7 Å². The Morgan fingerprint density at radius 3 is 2.54 bits per heavy atom. The number of carbonyl (C=O) groups is 2. The third-order valence-electron chi connectivity index (χ3n) is 3.02. The molecule has 74 valence electrons. The van der Waals surface area contributed by atoms with Crippen molar-refractivity contribution >= 4 is 12.4 Å². The van der Waals surface area contributed by atoms with E-state index in [4.69, 9.17) is 4.74 Å². The lowest BCUT2D eigenvalue weighted by Gasteiger charge is -2.30. The van der Waals surface area contributed by atoms with Gasteiger partial charge in [-0.3, -0.25) is 9.59 Å². The summed E-state index contributed by atoms with van der Waals surface area (Å²) in [6.07, 6.45) is 0.600. The summed E-state index contributed by atoms with van der Waals surface area (Å²) in [5, 5.41) is 2.73. The minimum atomic E-state index is -0.780. The van der Waals surface area contributed by atoms with E-state index in [1.807, 2.05) is 20.8 Å². The molecule has 13 heavy (non-hydrogen) atoms. The van der Waals surface area contributed by atoms with Gasteiger partial charge in [-0.05, 0) is 0 Å². The Labute approximate surface area is 77.6 Å². The summed E-state index contributed by atoms with van der Waals surface area (Å²) in [6, 6.07) is 0. The summed E-state index contributed by atoms with van der Waals surface area (Å²) in [6.45, 7) is 6.04. The Balaban J connectivity index is 2.88. The fraction of sp³-hybridized carbons (Fsp3) is 0.778. The predicted molar refractivity (Wildman–Crippen MR) is 46.6 cm³/mol. The van der Waals surface area contributed by atoms with E-state index >= 15 is 0 Å². The average Bonchev–Trinajstić information content (AvgIpc) is 2.32. The van der Waals surface area contributed by atoms with Crippen molar-refractivity contribution in [3.8, 4) is 0 Å². The van der Waals surface area contributed by atoms with Crippen molar-refractivity contribution in [3.63, 3.8) is 0 Å². The van der Waals surface area contributed by atoms with Crippen molar-refractivity contribution in [2.75, 3.05) is 0 Å². The van der Waals surface area contributed by atoms with Gasteiger partial charge >= 0.3 is 0 Å². The van der Waals surface area contributed by atoms with Crippen LogP contribution in [0, 0.1) is 11.8 Å². The molecule has 4 nitrogen and oxygen atoms in total. The van der Waals surface area contributed by atoms with Crippen molar-refractivity contribution in [1.29, 1.82) is 0 Å². The number of hydrogen-bond donors (Lipinski definition) is 1. The van der Waals surface area contributed by atoms with Gasteiger partial charge in [0.05, 0.1) is 0 Å².